The van der Waals surface area contributed by atoms with Crippen molar-refractivity contribution in [1.29, 1.82) is 0 Å². The summed E-state index contributed by atoms with van der Waals surface area (Å²) in [6, 6.07) is 7.99. The Morgan fingerprint density at radius 3 is 2.71 bits per heavy atom. The van der Waals surface area contributed by atoms with Crippen molar-refractivity contribution in [1.82, 2.24) is 19.3 Å². The molecule has 1 atom stereocenters. The molecule has 0 saturated heterocycles. The van der Waals surface area contributed by atoms with E-state index < -0.39 is 23.4 Å². The lowest BCUT2D eigenvalue weighted by molar-refractivity contribution is 0.0634. The van der Waals surface area contributed by atoms with Gasteiger partial charge in [0.15, 0.2) is 5.82 Å². The molecule has 0 spiro atoms. The maximum Gasteiger partial charge on any atom is 0.413 e. The van der Waals surface area contributed by atoms with Crippen LogP contribution in [0.5, 0.6) is 5.75 Å². The van der Waals surface area contributed by atoms with Crippen LogP contribution in [0.15, 0.2) is 49.4 Å². The molecule has 0 radical (unpaired) electrons. The molecule has 2 aromatic heterocycles. The number of benzene rings is 2. The third-order valence-electron chi connectivity index (χ3n) is 6.34. The number of hydrogen-bond donors (Lipinski definition) is 1. The smallest absolute Gasteiger partial charge is 0.413 e. The number of aromatic nitrogens is 3. The summed E-state index contributed by atoms with van der Waals surface area (Å²) in [6.45, 7) is 11.4. The highest BCUT2D eigenvalue weighted by Crippen LogP contribution is 2.38. The minimum atomic E-state index is -0.735. The number of anilines is 1. The first-order valence-electron chi connectivity index (χ1n) is 12.1. The number of halogens is 1. The number of likely N-dealkylation sites (N-methyl/N-ethyl adjacent to an activating group) is 1. The van der Waals surface area contributed by atoms with Crippen molar-refractivity contribution in [2.75, 3.05) is 19.0 Å². The quantitative estimate of drug-likeness (QED) is 0.378. The van der Waals surface area contributed by atoms with Crippen molar-refractivity contribution in [2.24, 2.45) is 0 Å². The number of nitrogens with zero attached hydrogens (tertiary/aromatic N) is 4. The van der Waals surface area contributed by atoms with Gasteiger partial charge in [-0.3, -0.25) is 14.5 Å². The SMILES string of the molecule is C=C(C)c1ccc2c(c1)OC[C@H]2N(C)C(=O)c1cc2c(cc1F)nc(NC(=O)OC(C)(C)C)c1cncn12. The Labute approximate surface area is 218 Å². The monoisotopic (exact) mass is 517 g/mol. The zero-order chi connectivity index (χ0) is 27.4. The van der Waals surface area contributed by atoms with Gasteiger partial charge >= 0.3 is 6.09 Å². The Balaban J connectivity index is 1.49. The summed E-state index contributed by atoms with van der Waals surface area (Å²) < 4.78 is 28.1. The number of carbonyl (C=O) groups is 2. The molecule has 2 amide bonds. The van der Waals surface area contributed by atoms with E-state index in [1.54, 1.807) is 32.2 Å². The van der Waals surface area contributed by atoms with E-state index in [0.29, 0.717) is 16.8 Å². The van der Waals surface area contributed by atoms with Gasteiger partial charge < -0.3 is 14.4 Å². The van der Waals surface area contributed by atoms with Crippen LogP contribution in [0.2, 0.25) is 0 Å². The maximum atomic E-state index is 15.3. The first-order valence-corrected chi connectivity index (χ1v) is 12.1. The average molecular weight is 518 g/mol. The number of rotatable bonds is 4. The molecule has 1 aliphatic heterocycles. The summed E-state index contributed by atoms with van der Waals surface area (Å²) in [5.41, 5.74) is 3.05. The van der Waals surface area contributed by atoms with Gasteiger partial charge in [-0.05, 0) is 45.4 Å². The lowest BCUT2D eigenvalue weighted by Crippen LogP contribution is -2.32. The molecule has 0 bridgehead atoms. The molecule has 0 aliphatic carbocycles. The van der Waals surface area contributed by atoms with Gasteiger partial charge in [0.2, 0.25) is 0 Å². The molecule has 196 valence electrons. The van der Waals surface area contributed by atoms with E-state index in [2.05, 4.69) is 21.9 Å². The molecule has 0 unspecified atom stereocenters. The molecule has 2 aromatic carbocycles. The molecule has 3 heterocycles. The topological polar surface area (TPSA) is 98.1 Å². The number of hydrogen-bond acceptors (Lipinski definition) is 6. The standard InChI is InChI=1S/C28H28FN5O4/c1-15(2)16-7-8-17-23(13-37-24(17)9-16)33(6)26(35)18-10-21-20(11-19(18)29)31-25(22-12-30-14-34(21)22)32-27(36)38-28(3,4)5/h7-12,14,23H,1,13H2,2-6H3,(H,31,32,36)/t23-/m1/s1. The zero-order valence-electron chi connectivity index (χ0n) is 21.8. The first-order chi connectivity index (χ1) is 17.9. The van der Waals surface area contributed by atoms with Crippen LogP contribution in [0.3, 0.4) is 0 Å². The summed E-state index contributed by atoms with van der Waals surface area (Å²) >= 11 is 0. The van der Waals surface area contributed by atoms with Crippen LogP contribution in [0.4, 0.5) is 15.0 Å². The maximum absolute atomic E-state index is 15.3. The molecular formula is C28H28FN5O4. The zero-order valence-corrected chi connectivity index (χ0v) is 21.8. The lowest BCUT2D eigenvalue weighted by atomic mass is 10.0. The first kappa shape index (κ1) is 25.2. The normalized spacial score (nSPS) is 14.7. The predicted molar refractivity (Wildman–Crippen MR) is 142 cm³/mol. The second kappa shape index (κ2) is 9.13. The highest BCUT2D eigenvalue weighted by Gasteiger charge is 2.32. The van der Waals surface area contributed by atoms with Gasteiger partial charge in [0, 0.05) is 18.7 Å². The molecule has 1 N–H and O–H groups in total. The fourth-order valence-corrected chi connectivity index (χ4v) is 4.44. The van der Waals surface area contributed by atoms with E-state index in [4.69, 9.17) is 9.47 Å². The van der Waals surface area contributed by atoms with Gasteiger partial charge in [0.1, 0.15) is 29.3 Å². The minimum Gasteiger partial charge on any atom is -0.491 e. The van der Waals surface area contributed by atoms with E-state index in [9.17, 15) is 9.59 Å². The Morgan fingerprint density at radius 1 is 1.24 bits per heavy atom. The summed E-state index contributed by atoms with van der Waals surface area (Å²) in [4.78, 5) is 35.9. The average Bonchev–Trinajstić information content (AvgIpc) is 3.49. The van der Waals surface area contributed by atoms with Crippen LogP contribution >= 0.6 is 0 Å². The number of amides is 2. The highest BCUT2D eigenvalue weighted by atomic mass is 19.1. The number of nitrogens with one attached hydrogen (secondary N) is 1. The van der Waals surface area contributed by atoms with E-state index in [0.717, 1.165) is 16.7 Å². The van der Waals surface area contributed by atoms with Gasteiger partial charge in [-0.1, -0.05) is 24.3 Å². The number of fused-ring (bicyclic) bond motifs is 4. The summed E-state index contributed by atoms with van der Waals surface area (Å²) in [5.74, 6) is -0.391. The van der Waals surface area contributed by atoms with Gasteiger partial charge in [-0.2, -0.15) is 0 Å². The molecule has 0 saturated carbocycles. The fraction of sp³-hybridized carbons (Fsp3) is 0.286. The Bertz CT molecular complexity index is 1620. The molecule has 10 heteroatoms. The van der Waals surface area contributed by atoms with Gasteiger partial charge in [-0.15, -0.1) is 0 Å². The Kier molecular flexibility index (Phi) is 6.05. The van der Waals surface area contributed by atoms with Gasteiger partial charge in [-0.25, -0.2) is 19.2 Å². The Morgan fingerprint density at radius 2 is 2.00 bits per heavy atom. The van der Waals surface area contributed by atoms with Crippen molar-refractivity contribution in [3.05, 3.63) is 71.9 Å². The van der Waals surface area contributed by atoms with Crippen LogP contribution in [0, 0.1) is 5.82 Å². The lowest BCUT2D eigenvalue weighted by Gasteiger charge is -2.24. The number of carbonyl (C=O) groups excluding carboxylic acids is 2. The molecule has 9 nitrogen and oxygen atoms in total. The molecule has 38 heavy (non-hydrogen) atoms. The third-order valence-corrected chi connectivity index (χ3v) is 6.34. The van der Waals surface area contributed by atoms with Crippen molar-refractivity contribution in [2.45, 2.75) is 39.3 Å². The van der Waals surface area contributed by atoms with E-state index in [-0.39, 0.29) is 29.5 Å². The van der Waals surface area contributed by atoms with Crippen molar-refractivity contribution < 1.29 is 23.5 Å². The fourth-order valence-electron chi connectivity index (χ4n) is 4.44. The van der Waals surface area contributed by atoms with E-state index in [1.165, 1.54) is 29.6 Å². The third kappa shape index (κ3) is 4.53. The minimum absolute atomic E-state index is 0.114. The largest absolute Gasteiger partial charge is 0.491 e. The molecule has 4 aromatic rings. The van der Waals surface area contributed by atoms with Gasteiger partial charge in [0.05, 0.1) is 35.2 Å². The van der Waals surface area contributed by atoms with E-state index in [1.807, 2.05) is 25.1 Å². The number of ether oxygens (including phenoxy) is 2. The Hall–Kier alpha value is -4.47. The molecule has 1 aliphatic rings. The number of imidazole rings is 1. The van der Waals surface area contributed by atoms with Crippen LogP contribution in [-0.4, -0.2) is 50.5 Å². The molecule has 5 rings (SSSR count). The molecule has 0 fully saturated rings. The van der Waals surface area contributed by atoms with Crippen molar-refractivity contribution in [3.63, 3.8) is 0 Å². The van der Waals surface area contributed by atoms with Crippen molar-refractivity contribution in [3.8, 4) is 5.75 Å². The second-order valence-electron chi connectivity index (χ2n) is 10.3. The van der Waals surface area contributed by atoms with E-state index >= 15 is 4.39 Å². The van der Waals surface area contributed by atoms with Crippen molar-refractivity contribution >= 4 is 39.9 Å². The van der Waals surface area contributed by atoms with Crippen LogP contribution < -0.4 is 10.1 Å². The summed E-state index contributed by atoms with van der Waals surface area (Å²) in [5, 5.41) is 2.60. The van der Waals surface area contributed by atoms with Crippen LogP contribution in [0.1, 0.15) is 55.2 Å². The predicted octanol–water partition coefficient (Wildman–Crippen LogP) is 5.61. The highest BCUT2D eigenvalue weighted by molar-refractivity contribution is 5.99. The van der Waals surface area contributed by atoms with Crippen LogP contribution in [-0.2, 0) is 4.74 Å². The second-order valence-corrected chi connectivity index (χ2v) is 10.3. The van der Waals surface area contributed by atoms with Crippen LogP contribution in [0.25, 0.3) is 22.1 Å². The summed E-state index contributed by atoms with van der Waals surface area (Å²) in [7, 11) is 1.63. The van der Waals surface area contributed by atoms with Gasteiger partial charge in [0.25, 0.3) is 5.91 Å². The molecular weight excluding hydrogens is 489 g/mol. The number of allylic oxidation sites excluding steroid dienone is 1. The summed E-state index contributed by atoms with van der Waals surface area (Å²) in [6.07, 6.45) is 2.33.